The van der Waals surface area contributed by atoms with Crippen molar-refractivity contribution in [2.24, 2.45) is 5.92 Å². The molecule has 0 heterocycles. The summed E-state index contributed by atoms with van der Waals surface area (Å²) >= 11 is 0. The molecule has 0 aliphatic heterocycles. The highest BCUT2D eigenvalue weighted by atomic mass is 14.0. The lowest BCUT2D eigenvalue weighted by Crippen LogP contribution is -1.91. The Labute approximate surface area is 117 Å². The Hall–Kier alpha value is 0. The van der Waals surface area contributed by atoms with Crippen molar-refractivity contribution in [1.29, 1.82) is 0 Å². The molecule has 110 valence electrons. The smallest absolute Gasteiger partial charge is 0.0445 e. The molecule has 1 unspecified atom stereocenters. The molecule has 0 fully saturated rings. The van der Waals surface area contributed by atoms with Gasteiger partial charge in [0, 0.05) is 0 Å². The molecule has 0 heteroatoms. The predicted octanol–water partition coefficient (Wildman–Crippen LogP) is 7.12. The fraction of sp³-hybridized carbons (Fsp3) is 1.00. The summed E-state index contributed by atoms with van der Waals surface area (Å²) in [6, 6.07) is 0. The van der Waals surface area contributed by atoms with Gasteiger partial charge in [-0.15, -0.1) is 0 Å². The molecule has 0 aromatic carbocycles. The molecule has 1 atom stereocenters. The van der Waals surface area contributed by atoms with E-state index >= 15 is 0 Å². The van der Waals surface area contributed by atoms with E-state index in [0.717, 1.165) is 5.92 Å². The summed E-state index contributed by atoms with van der Waals surface area (Å²) in [7, 11) is 0. The van der Waals surface area contributed by atoms with E-state index < -0.39 is 0 Å². The van der Waals surface area contributed by atoms with Crippen LogP contribution in [-0.4, -0.2) is 0 Å². The highest BCUT2D eigenvalue weighted by Gasteiger charge is 1.98. The van der Waals surface area contributed by atoms with Crippen LogP contribution >= 0.6 is 0 Å². The standard InChI is InChI=1S/C18H38/c1-4-6-7-8-9-10-11-12-13-14-15-16-17-18(3)5-2/h18H,4-17H2,1-3H3. The van der Waals surface area contributed by atoms with Gasteiger partial charge in [0.1, 0.15) is 0 Å². The lowest BCUT2D eigenvalue weighted by Gasteiger charge is -2.07. The van der Waals surface area contributed by atoms with Crippen LogP contribution in [0.4, 0.5) is 0 Å². The van der Waals surface area contributed by atoms with Crippen LogP contribution in [-0.2, 0) is 0 Å². The summed E-state index contributed by atoms with van der Waals surface area (Å²) in [4.78, 5) is 0. The van der Waals surface area contributed by atoms with Crippen molar-refractivity contribution >= 4 is 0 Å². The highest BCUT2D eigenvalue weighted by Crippen LogP contribution is 2.15. The molecule has 0 bridgehead atoms. The van der Waals surface area contributed by atoms with Crippen molar-refractivity contribution in [1.82, 2.24) is 0 Å². The monoisotopic (exact) mass is 254 g/mol. The lowest BCUT2D eigenvalue weighted by atomic mass is 9.99. The Balaban J connectivity index is 2.94. The maximum Gasteiger partial charge on any atom is -0.0445 e. The van der Waals surface area contributed by atoms with Crippen molar-refractivity contribution in [2.75, 3.05) is 0 Å². The van der Waals surface area contributed by atoms with E-state index in [-0.39, 0.29) is 0 Å². The molecule has 0 spiro atoms. The van der Waals surface area contributed by atoms with Gasteiger partial charge in [-0.1, -0.05) is 111 Å². The third-order valence-electron chi connectivity index (χ3n) is 4.25. The van der Waals surface area contributed by atoms with Gasteiger partial charge in [0.2, 0.25) is 0 Å². The second-order valence-electron chi connectivity index (χ2n) is 6.19. The van der Waals surface area contributed by atoms with Crippen LogP contribution in [0.5, 0.6) is 0 Å². The van der Waals surface area contributed by atoms with Crippen molar-refractivity contribution < 1.29 is 0 Å². The second kappa shape index (κ2) is 15.1. The van der Waals surface area contributed by atoms with Crippen LogP contribution in [0.25, 0.3) is 0 Å². The molecule has 0 aromatic rings. The largest absolute Gasteiger partial charge is 0.0654 e. The first-order chi connectivity index (χ1) is 8.81. The van der Waals surface area contributed by atoms with Gasteiger partial charge in [0.05, 0.1) is 0 Å². The van der Waals surface area contributed by atoms with Crippen molar-refractivity contribution in [3.05, 3.63) is 0 Å². The van der Waals surface area contributed by atoms with Crippen molar-refractivity contribution in [3.8, 4) is 0 Å². The number of hydrogen-bond acceptors (Lipinski definition) is 0. The topological polar surface area (TPSA) is 0 Å². The first-order valence-corrected chi connectivity index (χ1v) is 8.81. The van der Waals surface area contributed by atoms with Gasteiger partial charge < -0.3 is 0 Å². The third kappa shape index (κ3) is 14.1. The Bertz CT molecular complexity index is 139. The zero-order chi connectivity index (χ0) is 13.5. The van der Waals surface area contributed by atoms with Gasteiger partial charge in [-0.3, -0.25) is 0 Å². The summed E-state index contributed by atoms with van der Waals surface area (Å²) in [5.74, 6) is 0.952. The average Bonchev–Trinajstić information content (AvgIpc) is 2.39. The summed E-state index contributed by atoms with van der Waals surface area (Å²) in [6.45, 7) is 6.99. The highest BCUT2D eigenvalue weighted by molar-refractivity contribution is 4.52. The van der Waals surface area contributed by atoms with Gasteiger partial charge in [0.15, 0.2) is 0 Å². The Kier molecular flexibility index (Phi) is 15.1. The zero-order valence-electron chi connectivity index (χ0n) is 13.5. The maximum atomic E-state index is 2.39. The molecule has 0 saturated heterocycles. The third-order valence-corrected chi connectivity index (χ3v) is 4.25. The number of rotatable bonds is 14. The molecule has 0 saturated carbocycles. The molecule has 0 radical (unpaired) electrons. The van der Waals surface area contributed by atoms with Gasteiger partial charge in [0.25, 0.3) is 0 Å². The normalized spacial score (nSPS) is 12.8. The van der Waals surface area contributed by atoms with Crippen LogP contribution < -0.4 is 0 Å². The quantitative estimate of drug-likeness (QED) is 0.289. The fourth-order valence-corrected chi connectivity index (χ4v) is 2.54. The average molecular weight is 255 g/mol. The predicted molar refractivity (Wildman–Crippen MR) is 85.2 cm³/mol. The van der Waals surface area contributed by atoms with Crippen molar-refractivity contribution in [2.45, 2.75) is 111 Å². The van der Waals surface area contributed by atoms with Gasteiger partial charge >= 0.3 is 0 Å². The van der Waals surface area contributed by atoms with E-state index in [1.807, 2.05) is 0 Å². The summed E-state index contributed by atoms with van der Waals surface area (Å²) in [5, 5.41) is 0. The Morgan fingerprint density at radius 1 is 0.556 bits per heavy atom. The number of unbranched alkanes of at least 4 members (excludes halogenated alkanes) is 11. The summed E-state index contributed by atoms with van der Waals surface area (Å²) in [6.07, 6.45) is 20.4. The van der Waals surface area contributed by atoms with Crippen LogP contribution in [0.3, 0.4) is 0 Å². The van der Waals surface area contributed by atoms with Crippen LogP contribution in [0.1, 0.15) is 111 Å². The van der Waals surface area contributed by atoms with E-state index in [9.17, 15) is 0 Å². The van der Waals surface area contributed by atoms with E-state index in [2.05, 4.69) is 20.8 Å². The zero-order valence-corrected chi connectivity index (χ0v) is 13.5. The molecule has 0 aromatic heterocycles. The fourth-order valence-electron chi connectivity index (χ4n) is 2.54. The molecule has 0 N–H and O–H groups in total. The Morgan fingerprint density at radius 2 is 0.944 bits per heavy atom. The van der Waals surface area contributed by atoms with Crippen molar-refractivity contribution in [3.63, 3.8) is 0 Å². The van der Waals surface area contributed by atoms with E-state index in [4.69, 9.17) is 0 Å². The van der Waals surface area contributed by atoms with Gasteiger partial charge in [-0.05, 0) is 5.92 Å². The maximum absolute atomic E-state index is 2.39. The first kappa shape index (κ1) is 18.0. The minimum Gasteiger partial charge on any atom is -0.0654 e. The van der Waals surface area contributed by atoms with Crippen LogP contribution in [0.2, 0.25) is 0 Å². The second-order valence-corrected chi connectivity index (χ2v) is 6.19. The van der Waals surface area contributed by atoms with Crippen LogP contribution in [0.15, 0.2) is 0 Å². The minimum absolute atomic E-state index is 0.952. The molecule has 18 heavy (non-hydrogen) atoms. The van der Waals surface area contributed by atoms with E-state index in [1.54, 1.807) is 0 Å². The molecule has 0 rings (SSSR count). The lowest BCUT2D eigenvalue weighted by molar-refractivity contribution is 0.468. The SMILES string of the molecule is CCCCCCCCCCCCCCC(C)CC. The first-order valence-electron chi connectivity index (χ1n) is 8.81. The summed E-state index contributed by atoms with van der Waals surface area (Å²) in [5.41, 5.74) is 0. The molecule has 0 amide bonds. The Morgan fingerprint density at radius 3 is 1.33 bits per heavy atom. The van der Waals surface area contributed by atoms with Gasteiger partial charge in [-0.2, -0.15) is 0 Å². The molecule has 0 aliphatic rings. The molecular formula is C18H38. The molecule has 0 nitrogen and oxygen atoms in total. The minimum atomic E-state index is 0.952. The number of hydrogen-bond donors (Lipinski definition) is 0. The van der Waals surface area contributed by atoms with E-state index in [1.165, 1.54) is 89.9 Å². The van der Waals surface area contributed by atoms with E-state index in [0.29, 0.717) is 0 Å². The van der Waals surface area contributed by atoms with Crippen LogP contribution in [0, 0.1) is 5.92 Å². The van der Waals surface area contributed by atoms with Gasteiger partial charge in [-0.25, -0.2) is 0 Å². The molecular weight excluding hydrogens is 216 g/mol. The molecule has 0 aliphatic carbocycles. The summed E-state index contributed by atoms with van der Waals surface area (Å²) < 4.78 is 0.